The van der Waals surface area contributed by atoms with Crippen molar-refractivity contribution >= 4 is 39.0 Å². The normalized spacial score (nSPS) is 14.3. The van der Waals surface area contributed by atoms with E-state index in [1.54, 1.807) is 0 Å². The lowest BCUT2D eigenvalue weighted by Gasteiger charge is -2.36. The first-order valence-corrected chi connectivity index (χ1v) is 18.2. The van der Waals surface area contributed by atoms with Gasteiger partial charge >= 0.3 is 30.1 Å². The molecule has 0 unspecified atom stereocenters. The number of fused-ring (bicyclic) bond motifs is 2. The number of phosphoric acid groups is 2. The molecule has 3 rings (SSSR count). The van der Waals surface area contributed by atoms with Gasteiger partial charge in [-0.2, -0.15) is 0 Å². The maximum Gasteiger partial charge on any atom is 0.542 e. The highest BCUT2D eigenvalue weighted by Gasteiger charge is 2.41. The molecule has 12 heteroatoms. The second-order valence-corrected chi connectivity index (χ2v) is 18.8. The predicted molar refractivity (Wildman–Crippen MR) is 166 cm³/mol. The number of benzene rings is 2. The summed E-state index contributed by atoms with van der Waals surface area (Å²) in [6.07, 6.45) is 0.925. The first-order chi connectivity index (χ1) is 17.8. The predicted octanol–water partition coefficient (Wildman–Crippen LogP) is 4.02. The molecule has 0 radical (unpaired) electrons. The lowest BCUT2D eigenvalue weighted by Crippen LogP contribution is -2.55. The standard InChI is InChI=1S/C29H42.Al.2H3O4P.H2O/c1-26(2,3)22-14-20(15-23(18-22)27(4,5)6)13-21-16-24(28(7,8)9)19-25(17-21)29(10,11)12;;2*1-5(2,3)4;/h14,16,18-19H,13H2,1-12H3;;2*(H3,1,2,3,4);1H2/q;+1;;;/p-1. The molecule has 0 amide bonds. The zero-order valence-electron chi connectivity index (χ0n) is 26.4. The van der Waals surface area contributed by atoms with E-state index in [1.165, 1.54) is 42.2 Å². The summed E-state index contributed by atoms with van der Waals surface area (Å²) in [6.45, 7) is 27.5. The van der Waals surface area contributed by atoms with Gasteiger partial charge in [0.25, 0.3) is 0 Å². The molecule has 0 atom stereocenters. The Bertz CT molecular complexity index is 1210. The van der Waals surface area contributed by atoms with Gasteiger partial charge in [-0.25, -0.2) is 9.13 Å². The summed E-state index contributed by atoms with van der Waals surface area (Å²) < 4.78 is 32.4. The largest absolute Gasteiger partial charge is 0.542 e. The van der Waals surface area contributed by atoms with E-state index >= 15 is 0 Å². The van der Waals surface area contributed by atoms with Crippen LogP contribution < -0.4 is 8.85 Å². The Morgan fingerprint density at radius 1 is 0.537 bits per heavy atom. The molecule has 1 aliphatic heterocycles. The molecule has 0 aliphatic carbocycles. The minimum absolute atomic E-state index is 0.00404. The summed E-state index contributed by atoms with van der Waals surface area (Å²) in [5.74, 6) is 0. The van der Waals surface area contributed by atoms with E-state index in [4.69, 9.17) is 38.5 Å². The molecule has 0 spiro atoms. The minimum atomic E-state index is -4.64. The van der Waals surface area contributed by atoms with Crippen molar-refractivity contribution in [3.63, 3.8) is 0 Å². The van der Waals surface area contributed by atoms with Crippen molar-refractivity contribution in [2.75, 3.05) is 0 Å². The number of hydrogen-bond acceptors (Lipinski definition) is 3. The average molecular weight is 631 g/mol. The summed E-state index contributed by atoms with van der Waals surface area (Å²) >= 11 is -2.32. The highest BCUT2D eigenvalue weighted by atomic mass is 31.2. The van der Waals surface area contributed by atoms with Gasteiger partial charge in [-0.05, 0) is 39.2 Å². The maximum absolute atomic E-state index is 12.0. The van der Waals surface area contributed by atoms with Crippen molar-refractivity contribution in [1.82, 2.24) is 0 Å². The van der Waals surface area contributed by atoms with Crippen LogP contribution in [-0.2, 0) is 37.2 Å². The van der Waals surface area contributed by atoms with E-state index in [1.807, 2.05) is 0 Å². The summed E-state index contributed by atoms with van der Waals surface area (Å²) in [6, 6.07) is 9.56. The highest BCUT2D eigenvalue weighted by molar-refractivity contribution is 7.45. The average Bonchev–Trinajstić information content (AvgIpc) is 2.67. The van der Waals surface area contributed by atoms with Crippen LogP contribution in [0, 0.1) is 0 Å². The summed E-state index contributed by atoms with van der Waals surface area (Å²) in [5, 5.41) is 0. The van der Waals surface area contributed by atoms with E-state index in [-0.39, 0.29) is 21.7 Å². The van der Waals surface area contributed by atoms with E-state index in [0.717, 1.165) is 6.42 Å². The van der Waals surface area contributed by atoms with Crippen molar-refractivity contribution in [3.05, 3.63) is 57.6 Å². The molecule has 1 aliphatic rings. The molecule has 0 saturated heterocycles. The van der Waals surface area contributed by atoms with Crippen molar-refractivity contribution in [1.29, 1.82) is 0 Å². The Balaban J connectivity index is 0.000000722. The molecule has 1 heterocycles. The molecule has 232 valence electrons. The van der Waals surface area contributed by atoms with E-state index < -0.39 is 30.1 Å². The fourth-order valence-corrected chi connectivity index (χ4v) is 7.81. The lowest BCUT2D eigenvalue weighted by atomic mass is 9.77. The molecule has 0 fully saturated rings. The Morgan fingerprint density at radius 2 is 0.780 bits per heavy atom. The minimum Gasteiger partial charge on any atom is -0.509 e. The molecule has 41 heavy (non-hydrogen) atoms. The van der Waals surface area contributed by atoms with Crippen LogP contribution in [-0.4, -0.2) is 48.0 Å². The van der Waals surface area contributed by atoms with Gasteiger partial charge in [0.2, 0.25) is 0 Å². The van der Waals surface area contributed by atoms with E-state index in [0.29, 0.717) is 0 Å². The highest BCUT2D eigenvalue weighted by Crippen LogP contribution is 2.35. The summed E-state index contributed by atoms with van der Waals surface area (Å²) in [7, 11) is -9.28. The zero-order valence-corrected chi connectivity index (χ0v) is 29.4. The van der Waals surface area contributed by atoms with Gasteiger partial charge in [0.15, 0.2) is 0 Å². The van der Waals surface area contributed by atoms with Gasteiger partial charge in [0.1, 0.15) is 0 Å². The monoisotopic (exact) mass is 630 g/mol. The first kappa shape index (κ1) is 38.2. The summed E-state index contributed by atoms with van der Waals surface area (Å²) in [5.41, 5.74) is 8.35. The molecule has 2 aromatic rings. The van der Waals surface area contributed by atoms with Gasteiger partial charge in [0.05, 0.1) is 0 Å². The smallest absolute Gasteiger partial charge is 0.509 e. The summed E-state index contributed by atoms with van der Waals surface area (Å²) in [4.78, 5) is 43.1. The Kier molecular flexibility index (Phi) is 11.8. The van der Waals surface area contributed by atoms with Crippen molar-refractivity contribution in [3.8, 4) is 0 Å². The van der Waals surface area contributed by atoms with E-state index in [9.17, 15) is 4.16 Å². The van der Waals surface area contributed by atoms with Crippen molar-refractivity contribution < 1.29 is 42.6 Å². The quantitative estimate of drug-likeness (QED) is 0.167. The third-order valence-corrected chi connectivity index (χ3v) is 9.26. The molecule has 7 N–H and O–H groups in total. The fourth-order valence-electron chi connectivity index (χ4n) is 4.82. The van der Waals surface area contributed by atoms with Gasteiger partial charge in [-0.15, -0.1) is 0 Å². The van der Waals surface area contributed by atoms with Crippen LogP contribution in [0.15, 0.2) is 24.3 Å². The lowest BCUT2D eigenvalue weighted by molar-refractivity contribution is 0.272. The van der Waals surface area contributed by atoms with Gasteiger partial charge < -0.3 is 33.5 Å². The first-order valence-electron chi connectivity index (χ1n) is 13.4. The van der Waals surface area contributed by atoms with Crippen LogP contribution in [0.5, 0.6) is 0 Å². The second kappa shape index (κ2) is 12.6. The van der Waals surface area contributed by atoms with Crippen LogP contribution in [0.1, 0.15) is 116 Å². The molecular weight excluding hydrogens is 581 g/mol. The Hall–Kier alpha value is -0.848. The molecule has 2 aromatic carbocycles. The Morgan fingerprint density at radius 3 is 0.976 bits per heavy atom. The Labute approximate surface area is 249 Å². The van der Waals surface area contributed by atoms with Crippen molar-refractivity contribution in [2.24, 2.45) is 0 Å². The molecular formula is C29H49AlO9P2. The van der Waals surface area contributed by atoms with Gasteiger partial charge in [-0.1, -0.05) is 138 Å². The van der Waals surface area contributed by atoms with Crippen LogP contribution in [0.3, 0.4) is 0 Å². The van der Waals surface area contributed by atoms with Gasteiger partial charge in [-0.3, -0.25) is 0 Å². The van der Waals surface area contributed by atoms with E-state index in [2.05, 4.69) is 107 Å². The maximum atomic E-state index is 12.0. The molecule has 0 saturated carbocycles. The van der Waals surface area contributed by atoms with Crippen molar-refractivity contribution in [2.45, 2.75) is 111 Å². The number of rotatable bonds is 0. The zero-order chi connectivity index (χ0) is 32.7. The van der Waals surface area contributed by atoms with Crippen LogP contribution in [0.2, 0.25) is 0 Å². The van der Waals surface area contributed by atoms with Crippen LogP contribution in [0.25, 0.3) is 0 Å². The van der Waals surface area contributed by atoms with Crippen LogP contribution >= 0.6 is 15.6 Å². The third-order valence-electron chi connectivity index (χ3n) is 6.81. The number of hydrogen-bond donors (Lipinski definition) is 7. The van der Waals surface area contributed by atoms with Gasteiger partial charge in [0, 0.05) is 0 Å². The SMILES string of the molecule is CC(C)(C)c1cc2[c](c(C(C)(C)C)c1)[Al]([OH])[c]1c(cc(C(C)(C)C)cc1C(C)(C)C)C2.O=P(O)(O)O.O=P(O)(O)O. The third kappa shape index (κ3) is 12.0. The van der Waals surface area contributed by atoms with Crippen LogP contribution in [0.4, 0.5) is 0 Å². The molecule has 0 bridgehead atoms. The molecule has 9 nitrogen and oxygen atoms in total. The molecule has 0 aromatic heterocycles. The topological polar surface area (TPSA) is 176 Å². The fraction of sp³-hybridized carbons (Fsp3) is 0.586. The second-order valence-electron chi connectivity index (χ2n) is 14.8.